The first kappa shape index (κ1) is 13.7. The van der Waals surface area contributed by atoms with Crippen LogP contribution in [0.5, 0.6) is 0 Å². The van der Waals surface area contributed by atoms with Gasteiger partial charge in [-0.05, 0) is 12.5 Å². The van der Waals surface area contributed by atoms with Crippen molar-refractivity contribution in [2.24, 2.45) is 10.7 Å². The second-order valence-electron chi connectivity index (χ2n) is 5.44. The summed E-state index contributed by atoms with van der Waals surface area (Å²) in [4.78, 5) is 4.83. The van der Waals surface area contributed by atoms with Gasteiger partial charge in [-0.25, -0.2) is 9.38 Å². The van der Waals surface area contributed by atoms with Crippen molar-refractivity contribution in [2.75, 3.05) is 0 Å². The van der Waals surface area contributed by atoms with E-state index in [-0.39, 0.29) is 5.84 Å². The maximum Gasteiger partial charge on any atom is 0.229 e. The van der Waals surface area contributed by atoms with Gasteiger partial charge in [-0.15, -0.1) is 0 Å². The Balaban J connectivity index is 1.84. The van der Waals surface area contributed by atoms with Gasteiger partial charge in [0, 0.05) is 6.20 Å². The molecule has 2 heterocycles. The monoisotopic (exact) mass is 287 g/mol. The van der Waals surface area contributed by atoms with Gasteiger partial charge in [0.25, 0.3) is 0 Å². The van der Waals surface area contributed by atoms with E-state index >= 15 is 0 Å². The quantitative estimate of drug-likeness (QED) is 0.518. The van der Waals surface area contributed by atoms with Gasteiger partial charge in [-0.1, -0.05) is 13.3 Å². The van der Waals surface area contributed by atoms with Crippen LogP contribution in [0.25, 0.3) is 0 Å². The minimum absolute atomic E-state index is 0.120. The maximum absolute atomic E-state index is 14.5. The number of rotatable bonds is 3. The molecule has 112 valence electrons. The third-order valence-corrected chi connectivity index (χ3v) is 4.32. The van der Waals surface area contributed by atoms with Crippen LogP contribution >= 0.6 is 0 Å². The number of hydrogen-bond acceptors (Lipinski definition) is 7. The second-order valence-corrected chi connectivity index (χ2v) is 5.44. The molecule has 0 aromatic rings. The largest absolute Gasteiger partial charge is 0.387 e. The number of halogens is 1. The van der Waals surface area contributed by atoms with E-state index in [2.05, 4.69) is 4.99 Å². The molecule has 0 aromatic heterocycles. The summed E-state index contributed by atoms with van der Waals surface area (Å²) in [6, 6.07) is 0. The van der Waals surface area contributed by atoms with Crippen molar-refractivity contribution in [2.45, 2.75) is 55.8 Å². The lowest BCUT2D eigenvalue weighted by molar-refractivity contribution is -0.154. The van der Waals surface area contributed by atoms with Crippen LogP contribution in [0.1, 0.15) is 19.8 Å². The lowest BCUT2D eigenvalue weighted by Gasteiger charge is -2.34. The molecule has 0 spiro atoms. The van der Waals surface area contributed by atoms with Crippen molar-refractivity contribution in [3.63, 3.8) is 0 Å². The minimum atomic E-state index is -1.92. The van der Waals surface area contributed by atoms with E-state index in [0.29, 0.717) is 12.8 Å². The molecule has 6 atom stereocenters. The molecule has 1 saturated heterocycles. The van der Waals surface area contributed by atoms with E-state index in [1.165, 1.54) is 12.3 Å². The van der Waals surface area contributed by atoms with Crippen LogP contribution in [0.15, 0.2) is 17.3 Å². The van der Waals surface area contributed by atoms with E-state index in [9.17, 15) is 19.7 Å². The van der Waals surface area contributed by atoms with E-state index in [1.807, 2.05) is 6.92 Å². The van der Waals surface area contributed by atoms with Gasteiger partial charge in [0.15, 0.2) is 18.0 Å². The van der Waals surface area contributed by atoms with Gasteiger partial charge >= 0.3 is 0 Å². The minimum Gasteiger partial charge on any atom is -0.387 e. The van der Waals surface area contributed by atoms with E-state index in [0.717, 1.165) is 4.90 Å². The first-order valence-electron chi connectivity index (χ1n) is 6.58. The number of fused-ring (bicyclic) bond motifs is 1. The fraction of sp³-hybridized carbons (Fsp3) is 0.750. The van der Waals surface area contributed by atoms with Crippen LogP contribution in [0.4, 0.5) is 4.39 Å². The van der Waals surface area contributed by atoms with Crippen molar-refractivity contribution < 1.29 is 24.4 Å². The fourth-order valence-electron chi connectivity index (χ4n) is 3.21. The number of aliphatic imine (C=N–C) groups is 1. The molecule has 2 aliphatic heterocycles. The smallest absolute Gasteiger partial charge is 0.229 e. The van der Waals surface area contributed by atoms with E-state index < -0.39 is 36.1 Å². The first-order valence-corrected chi connectivity index (χ1v) is 6.58. The molecule has 8 heteroatoms. The summed E-state index contributed by atoms with van der Waals surface area (Å²) in [5, 5.41) is 29.9. The second kappa shape index (κ2) is 4.14. The SMILES string of the molecule is CCCC12OC(N3C=CC(N)=NC3O)C(F)C1(O)C2O. The lowest BCUT2D eigenvalue weighted by atomic mass is 10.1. The van der Waals surface area contributed by atoms with Crippen molar-refractivity contribution in [3.05, 3.63) is 12.3 Å². The summed E-state index contributed by atoms with van der Waals surface area (Å²) < 4.78 is 20.0. The molecule has 5 N–H and O–H groups in total. The standard InChI is InChI=1S/C12H18FN3O4/c1-2-4-11-9(17)12(11,19)7(13)8(20-11)16-5-3-6(14)15-10(16)18/h3,5,7-10,17-19H,2,4H2,1H3,(H2,14,15). The molecular formula is C12H18FN3O4. The summed E-state index contributed by atoms with van der Waals surface area (Å²) in [6.45, 7) is 1.85. The summed E-state index contributed by atoms with van der Waals surface area (Å²) in [5.74, 6) is 0.120. The lowest BCUT2D eigenvalue weighted by Crippen LogP contribution is -2.49. The Morgan fingerprint density at radius 1 is 1.55 bits per heavy atom. The number of nitrogens with zero attached hydrogens (tertiary/aromatic N) is 2. The number of hydrogen-bond donors (Lipinski definition) is 4. The molecule has 7 nitrogen and oxygen atoms in total. The topological polar surface area (TPSA) is 112 Å². The molecule has 1 saturated carbocycles. The molecule has 3 rings (SSSR count). The Labute approximate surface area is 115 Å². The Morgan fingerprint density at radius 3 is 2.85 bits per heavy atom. The molecule has 0 radical (unpaired) electrons. The number of alkyl halides is 1. The normalized spacial score (nSPS) is 50.0. The zero-order valence-electron chi connectivity index (χ0n) is 11.0. The maximum atomic E-state index is 14.5. The average Bonchev–Trinajstić information content (AvgIpc) is 2.73. The van der Waals surface area contributed by atoms with Crippen LogP contribution in [0.3, 0.4) is 0 Å². The van der Waals surface area contributed by atoms with Crippen molar-refractivity contribution >= 4 is 5.84 Å². The predicted octanol–water partition coefficient (Wildman–Crippen LogP) is -1.21. The average molecular weight is 287 g/mol. The van der Waals surface area contributed by atoms with Gasteiger partial charge in [-0.3, -0.25) is 0 Å². The Bertz CT molecular complexity index is 487. The molecule has 2 fully saturated rings. The third-order valence-electron chi connectivity index (χ3n) is 4.32. The van der Waals surface area contributed by atoms with Crippen LogP contribution in [-0.2, 0) is 4.74 Å². The van der Waals surface area contributed by atoms with E-state index in [1.54, 1.807) is 0 Å². The van der Waals surface area contributed by atoms with Crippen molar-refractivity contribution in [1.29, 1.82) is 0 Å². The van der Waals surface area contributed by atoms with Crippen molar-refractivity contribution in [3.8, 4) is 0 Å². The summed E-state index contributed by atoms with van der Waals surface area (Å²) in [5.41, 5.74) is 2.21. The highest BCUT2D eigenvalue weighted by Gasteiger charge is 2.87. The van der Waals surface area contributed by atoms with E-state index in [4.69, 9.17) is 10.5 Å². The zero-order valence-corrected chi connectivity index (χ0v) is 11.0. The highest BCUT2D eigenvalue weighted by Crippen LogP contribution is 2.63. The molecular weight excluding hydrogens is 269 g/mol. The number of nitrogens with two attached hydrogens (primary N) is 1. The zero-order chi connectivity index (χ0) is 14.7. The molecule has 6 unspecified atom stereocenters. The van der Waals surface area contributed by atoms with Gasteiger partial charge in [-0.2, -0.15) is 0 Å². The molecule has 3 aliphatic rings. The summed E-state index contributed by atoms with van der Waals surface area (Å²) in [7, 11) is 0. The highest BCUT2D eigenvalue weighted by molar-refractivity contribution is 5.91. The van der Waals surface area contributed by atoms with Crippen molar-refractivity contribution in [1.82, 2.24) is 4.90 Å². The summed E-state index contributed by atoms with van der Waals surface area (Å²) >= 11 is 0. The van der Waals surface area contributed by atoms with Gasteiger partial charge in [0.2, 0.25) is 6.35 Å². The first-order chi connectivity index (χ1) is 9.38. The fourth-order valence-corrected chi connectivity index (χ4v) is 3.21. The predicted molar refractivity (Wildman–Crippen MR) is 67.0 cm³/mol. The molecule has 0 aromatic carbocycles. The summed E-state index contributed by atoms with van der Waals surface area (Å²) in [6.07, 6.45) is -1.95. The van der Waals surface area contributed by atoms with Crippen LogP contribution in [-0.4, -0.2) is 62.1 Å². The molecule has 20 heavy (non-hydrogen) atoms. The number of amidine groups is 1. The molecule has 0 bridgehead atoms. The van der Waals surface area contributed by atoms with Crippen LogP contribution in [0.2, 0.25) is 0 Å². The number of aliphatic hydroxyl groups excluding tert-OH is 2. The van der Waals surface area contributed by atoms with Gasteiger partial charge < -0.3 is 30.7 Å². The van der Waals surface area contributed by atoms with Gasteiger partial charge in [0.1, 0.15) is 17.5 Å². The molecule has 1 aliphatic carbocycles. The Hall–Kier alpha value is -1.22. The Kier molecular flexibility index (Phi) is 2.85. The third kappa shape index (κ3) is 1.44. The van der Waals surface area contributed by atoms with Crippen LogP contribution < -0.4 is 5.73 Å². The Morgan fingerprint density at radius 2 is 2.25 bits per heavy atom. The van der Waals surface area contributed by atoms with Crippen LogP contribution in [0, 0.1) is 0 Å². The number of aliphatic hydroxyl groups is 3. The van der Waals surface area contributed by atoms with Gasteiger partial charge in [0.05, 0.1) is 0 Å². The number of ether oxygens (including phenoxy) is 1. The molecule has 0 amide bonds. The highest BCUT2D eigenvalue weighted by atomic mass is 19.1.